The van der Waals surface area contributed by atoms with Gasteiger partial charge in [-0.3, -0.25) is 4.68 Å². The van der Waals surface area contributed by atoms with E-state index in [0.717, 1.165) is 31.5 Å². The second-order valence-corrected chi connectivity index (χ2v) is 8.83. The number of hydrogen-bond acceptors (Lipinski definition) is 4. The Kier molecular flexibility index (Phi) is 5.05. The Morgan fingerprint density at radius 3 is 2.41 bits per heavy atom. The van der Waals surface area contributed by atoms with Crippen molar-refractivity contribution in [3.8, 4) is 0 Å². The Balaban J connectivity index is 1.96. The third-order valence-corrected chi connectivity index (χ3v) is 4.36. The molecule has 2 rings (SSSR count). The molecule has 5 heteroatoms. The molecule has 0 radical (unpaired) electrons. The van der Waals surface area contributed by atoms with Crippen LogP contribution in [0.1, 0.15) is 58.1 Å². The molecule has 0 N–H and O–H groups in total. The Morgan fingerprint density at radius 2 is 1.82 bits per heavy atom. The fourth-order valence-electron chi connectivity index (χ4n) is 2.68. The second kappa shape index (κ2) is 6.49. The standard InChI is InChI=1S/C17H28N4S/c1-13-9-14(10-16(2,3)4)19-21(13)8-7-17(5,6)11-15-12-22-20-18-15/h9,12H,7-8,10-11H2,1-6H3. The van der Waals surface area contributed by atoms with E-state index < -0.39 is 0 Å². The molecular weight excluding hydrogens is 292 g/mol. The molecule has 0 atom stereocenters. The van der Waals surface area contributed by atoms with E-state index in [1.165, 1.54) is 22.9 Å². The number of aromatic nitrogens is 4. The van der Waals surface area contributed by atoms with Crippen LogP contribution in [0.4, 0.5) is 0 Å². The van der Waals surface area contributed by atoms with Crippen molar-refractivity contribution in [2.24, 2.45) is 10.8 Å². The van der Waals surface area contributed by atoms with E-state index in [2.05, 4.69) is 61.9 Å². The summed E-state index contributed by atoms with van der Waals surface area (Å²) >= 11 is 1.43. The molecular formula is C17H28N4S. The van der Waals surface area contributed by atoms with Crippen molar-refractivity contribution in [1.29, 1.82) is 0 Å². The summed E-state index contributed by atoms with van der Waals surface area (Å²) in [5.74, 6) is 0. The Labute approximate surface area is 138 Å². The third-order valence-electron chi connectivity index (χ3n) is 3.81. The average molecular weight is 321 g/mol. The maximum Gasteiger partial charge on any atom is 0.0760 e. The van der Waals surface area contributed by atoms with Gasteiger partial charge in [-0.2, -0.15) is 5.10 Å². The van der Waals surface area contributed by atoms with Gasteiger partial charge in [-0.05, 0) is 54.6 Å². The molecule has 0 aliphatic carbocycles. The first-order valence-electron chi connectivity index (χ1n) is 7.94. The lowest BCUT2D eigenvalue weighted by Gasteiger charge is -2.23. The van der Waals surface area contributed by atoms with Crippen molar-refractivity contribution in [2.75, 3.05) is 0 Å². The smallest absolute Gasteiger partial charge is 0.0760 e. The van der Waals surface area contributed by atoms with Crippen LogP contribution in [0.3, 0.4) is 0 Å². The predicted molar refractivity (Wildman–Crippen MR) is 92.1 cm³/mol. The SMILES string of the molecule is Cc1cc(CC(C)(C)C)nn1CCC(C)(C)Cc1csnn1. The Bertz CT molecular complexity index is 591. The van der Waals surface area contributed by atoms with Crippen molar-refractivity contribution >= 4 is 11.5 Å². The molecule has 2 aromatic rings. The number of hydrogen-bond donors (Lipinski definition) is 0. The molecule has 0 saturated heterocycles. The normalized spacial score (nSPS) is 12.8. The van der Waals surface area contributed by atoms with E-state index in [0.29, 0.717) is 0 Å². The molecule has 0 aromatic carbocycles. The summed E-state index contributed by atoms with van der Waals surface area (Å²) in [5, 5.41) is 11.0. The van der Waals surface area contributed by atoms with Gasteiger partial charge in [0.15, 0.2) is 0 Å². The van der Waals surface area contributed by atoms with Gasteiger partial charge in [0, 0.05) is 17.6 Å². The van der Waals surface area contributed by atoms with Gasteiger partial charge in [0.2, 0.25) is 0 Å². The topological polar surface area (TPSA) is 43.6 Å². The van der Waals surface area contributed by atoms with E-state index in [4.69, 9.17) is 5.10 Å². The highest BCUT2D eigenvalue weighted by atomic mass is 32.1. The summed E-state index contributed by atoms with van der Waals surface area (Å²) in [6.45, 7) is 14.5. The van der Waals surface area contributed by atoms with Crippen LogP contribution in [-0.4, -0.2) is 19.4 Å². The molecule has 0 spiro atoms. The Morgan fingerprint density at radius 1 is 1.09 bits per heavy atom. The van der Waals surface area contributed by atoms with Gasteiger partial charge in [0.25, 0.3) is 0 Å². The van der Waals surface area contributed by atoms with Gasteiger partial charge in [-0.25, -0.2) is 0 Å². The monoisotopic (exact) mass is 320 g/mol. The number of aryl methyl sites for hydroxylation is 2. The molecule has 2 heterocycles. The summed E-state index contributed by atoms with van der Waals surface area (Å²) in [4.78, 5) is 0. The molecule has 2 aromatic heterocycles. The molecule has 0 fully saturated rings. The van der Waals surface area contributed by atoms with E-state index in [1.54, 1.807) is 0 Å². The van der Waals surface area contributed by atoms with Crippen LogP contribution in [0.15, 0.2) is 11.4 Å². The zero-order valence-electron chi connectivity index (χ0n) is 14.7. The van der Waals surface area contributed by atoms with Crippen LogP contribution in [-0.2, 0) is 19.4 Å². The minimum Gasteiger partial charge on any atom is -0.270 e. The molecule has 0 aliphatic heterocycles. The van der Waals surface area contributed by atoms with Crippen molar-refractivity contribution in [2.45, 2.75) is 67.3 Å². The molecule has 0 unspecified atom stereocenters. The second-order valence-electron chi connectivity index (χ2n) is 8.22. The van der Waals surface area contributed by atoms with Gasteiger partial charge < -0.3 is 0 Å². The lowest BCUT2D eigenvalue weighted by atomic mass is 9.84. The molecule has 0 aliphatic rings. The highest BCUT2D eigenvalue weighted by molar-refractivity contribution is 7.03. The van der Waals surface area contributed by atoms with Crippen LogP contribution >= 0.6 is 11.5 Å². The minimum atomic E-state index is 0.207. The maximum atomic E-state index is 4.79. The van der Waals surface area contributed by atoms with Crippen LogP contribution < -0.4 is 0 Å². The number of nitrogens with zero attached hydrogens (tertiary/aromatic N) is 4. The molecule has 0 bridgehead atoms. The van der Waals surface area contributed by atoms with Crippen LogP contribution in [0.25, 0.3) is 0 Å². The zero-order chi connectivity index (χ0) is 16.4. The predicted octanol–water partition coefficient (Wildman–Crippen LogP) is 4.29. The van der Waals surface area contributed by atoms with Crippen LogP contribution in [0.2, 0.25) is 0 Å². The highest BCUT2D eigenvalue weighted by Gasteiger charge is 2.21. The van der Waals surface area contributed by atoms with E-state index in [1.807, 2.05) is 5.38 Å². The average Bonchev–Trinajstić information content (AvgIpc) is 2.94. The summed E-state index contributed by atoms with van der Waals surface area (Å²) in [7, 11) is 0. The summed E-state index contributed by atoms with van der Waals surface area (Å²) in [5.41, 5.74) is 4.04. The lowest BCUT2D eigenvalue weighted by molar-refractivity contribution is 0.298. The third kappa shape index (κ3) is 5.20. The molecule has 122 valence electrons. The van der Waals surface area contributed by atoms with Crippen molar-refractivity contribution in [3.63, 3.8) is 0 Å². The lowest BCUT2D eigenvalue weighted by Crippen LogP contribution is -2.19. The van der Waals surface area contributed by atoms with Crippen LogP contribution in [0, 0.1) is 17.8 Å². The zero-order valence-corrected chi connectivity index (χ0v) is 15.5. The highest BCUT2D eigenvalue weighted by Crippen LogP contribution is 2.27. The van der Waals surface area contributed by atoms with E-state index in [-0.39, 0.29) is 10.8 Å². The molecule has 0 saturated carbocycles. The summed E-state index contributed by atoms with van der Waals surface area (Å²) in [6, 6.07) is 2.22. The first-order chi connectivity index (χ1) is 10.1. The van der Waals surface area contributed by atoms with Gasteiger partial charge >= 0.3 is 0 Å². The Hall–Kier alpha value is -1.23. The minimum absolute atomic E-state index is 0.207. The maximum absolute atomic E-state index is 4.79. The van der Waals surface area contributed by atoms with E-state index in [9.17, 15) is 0 Å². The molecule has 22 heavy (non-hydrogen) atoms. The van der Waals surface area contributed by atoms with Crippen molar-refractivity contribution in [3.05, 3.63) is 28.5 Å². The van der Waals surface area contributed by atoms with Gasteiger partial charge in [-0.1, -0.05) is 39.1 Å². The first kappa shape index (κ1) is 17.1. The first-order valence-corrected chi connectivity index (χ1v) is 8.78. The molecule has 4 nitrogen and oxygen atoms in total. The van der Waals surface area contributed by atoms with Crippen molar-refractivity contribution < 1.29 is 0 Å². The largest absolute Gasteiger partial charge is 0.270 e. The van der Waals surface area contributed by atoms with Gasteiger partial charge in [0.1, 0.15) is 0 Å². The van der Waals surface area contributed by atoms with Crippen LogP contribution in [0.5, 0.6) is 0 Å². The van der Waals surface area contributed by atoms with Gasteiger partial charge in [-0.15, -0.1) is 5.10 Å². The quantitative estimate of drug-likeness (QED) is 0.797. The molecule has 0 amide bonds. The van der Waals surface area contributed by atoms with Gasteiger partial charge in [0.05, 0.1) is 11.4 Å². The summed E-state index contributed by atoms with van der Waals surface area (Å²) in [6.07, 6.45) is 3.08. The number of rotatable bonds is 6. The van der Waals surface area contributed by atoms with Crippen molar-refractivity contribution in [1.82, 2.24) is 19.4 Å². The summed E-state index contributed by atoms with van der Waals surface area (Å²) < 4.78 is 6.11. The fourth-order valence-corrected chi connectivity index (χ4v) is 3.13. The fraction of sp³-hybridized carbons (Fsp3) is 0.706. The van der Waals surface area contributed by atoms with E-state index >= 15 is 0 Å².